The van der Waals surface area contributed by atoms with Gasteiger partial charge in [-0.05, 0) is 0 Å². The van der Waals surface area contributed by atoms with Crippen LogP contribution in [0.15, 0.2) is 0 Å². The van der Waals surface area contributed by atoms with Crippen LogP contribution >= 0.6 is 0 Å². The van der Waals surface area contributed by atoms with Crippen molar-refractivity contribution in [1.82, 2.24) is 0 Å². The molecule has 0 saturated carbocycles. The molecule has 0 heterocycles. The summed E-state index contributed by atoms with van der Waals surface area (Å²) in [7, 11) is 0. The van der Waals surface area contributed by atoms with E-state index >= 15 is 0 Å². The van der Waals surface area contributed by atoms with Gasteiger partial charge in [-0.3, -0.25) is 0 Å². The first-order chi connectivity index (χ1) is 0. The van der Waals surface area contributed by atoms with Gasteiger partial charge in [0, 0.05) is 0 Å². The molecule has 0 radical (unpaired) electrons. The molecule has 0 unspecified atom stereocenters. The molecule has 0 aromatic rings. The average molecular weight is 997 g/mol. The predicted molar refractivity (Wildman–Crippen MR) is 36.1 cm³/mol. The number of halogens is 5. The van der Waals surface area contributed by atoms with Crippen LogP contribution in [0.2, 0.25) is 0 Å². The third-order valence-electron chi connectivity index (χ3n) is 0. The third kappa shape index (κ3) is 206. The Morgan fingerprint density at radius 1 is 0.222 bits per heavy atom. The second-order valence-electron chi connectivity index (χ2n) is 0. The van der Waals surface area contributed by atoms with Gasteiger partial charge in [0.05, 0.1) is 0 Å². The molecule has 0 atom stereocenters. The molecule has 18 heavy (non-hydrogen) atoms. The zero-order valence-corrected chi connectivity index (χ0v) is 32.2. The molecule has 0 aliphatic carbocycles. The van der Waals surface area contributed by atoms with Crippen LogP contribution in [-0.4, -0.2) is 54.8 Å². The summed E-state index contributed by atoms with van der Waals surface area (Å²) in [6, 6.07) is 0. The quantitative estimate of drug-likeness (QED) is 0.219. The minimum atomic E-state index is 0. The minimum Gasteiger partial charge on any atom is -1.00 e. The van der Waals surface area contributed by atoms with Gasteiger partial charge in [0.15, 0.2) is 0 Å². The first-order valence-corrected chi connectivity index (χ1v) is 0. The number of hydrogen-bond donors (Lipinski definition) is 0. The Morgan fingerprint density at radius 3 is 0.222 bits per heavy atom. The van der Waals surface area contributed by atoms with Crippen molar-refractivity contribution in [1.29, 1.82) is 0 Å². The van der Waals surface area contributed by atoms with Crippen LogP contribution in [0.3, 0.4) is 0 Å². The van der Waals surface area contributed by atoms with Crippen molar-refractivity contribution in [2.45, 2.75) is 0 Å². The summed E-state index contributed by atoms with van der Waals surface area (Å²) in [5.74, 6) is 0. The monoisotopic (exact) mass is 993 g/mol. The van der Waals surface area contributed by atoms with Gasteiger partial charge in [-0.1, -0.05) is 0 Å². The van der Waals surface area contributed by atoms with Crippen molar-refractivity contribution in [3.05, 3.63) is 0 Å². The topological polar surface area (TPSA) is 315 Å². The van der Waals surface area contributed by atoms with Gasteiger partial charge in [0.1, 0.15) is 0 Å². The van der Waals surface area contributed by atoms with Crippen molar-refractivity contribution in [3.8, 4) is 0 Å². The molecule has 0 fully saturated rings. The molecule has 0 aromatic heterocycles. The van der Waals surface area contributed by atoms with Crippen molar-refractivity contribution >= 4 is 0 Å². The number of rotatable bonds is 0. The van der Waals surface area contributed by atoms with Gasteiger partial charge < -0.3 is 140 Å². The standard InChI is InChI=1S/5BrH.2Cs.Eu.10H2O/h5*1H;;;;10*1H2/q;;;;;2*+1;+3;;;;;;;;;;/p-5. The maximum absolute atomic E-state index is 0. The average Bonchev–Trinajstić information content (AvgIpc) is 0. The summed E-state index contributed by atoms with van der Waals surface area (Å²) < 4.78 is 0. The summed E-state index contributed by atoms with van der Waals surface area (Å²) in [6.07, 6.45) is 0. The minimum absolute atomic E-state index is 0. The summed E-state index contributed by atoms with van der Waals surface area (Å²) in [6.45, 7) is 0. The maximum Gasteiger partial charge on any atom is 3.00 e. The Kier molecular flexibility index (Phi) is 3450. The molecule has 10 nitrogen and oxygen atoms in total. The maximum atomic E-state index is 0. The fraction of sp³-hybridized carbons (Fsp3) is 0. The van der Waals surface area contributed by atoms with Crippen LogP contribution in [0.4, 0.5) is 0 Å². The molecular weight excluding hydrogens is 977 g/mol. The van der Waals surface area contributed by atoms with Gasteiger partial charge in [-0.15, -0.1) is 0 Å². The van der Waals surface area contributed by atoms with Crippen molar-refractivity contribution in [3.63, 3.8) is 0 Å². The second-order valence-corrected chi connectivity index (χ2v) is 0. The Morgan fingerprint density at radius 2 is 0.222 bits per heavy atom. The molecule has 0 rings (SSSR count). The molecule has 18 heteroatoms. The van der Waals surface area contributed by atoms with Crippen molar-refractivity contribution < 1.29 is 327 Å². The fourth-order valence-electron chi connectivity index (χ4n) is 0. The Hall–Kier alpha value is 7.69. The van der Waals surface area contributed by atoms with E-state index in [1.165, 1.54) is 0 Å². The van der Waals surface area contributed by atoms with E-state index in [1.807, 2.05) is 0 Å². The fourth-order valence-corrected chi connectivity index (χ4v) is 0. The first kappa shape index (κ1) is 265. The van der Waals surface area contributed by atoms with Gasteiger partial charge in [0.2, 0.25) is 0 Å². The summed E-state index contributed by atoms with van der Waals surface area (Å²) in [5, 5.41) is 0. The summed E-state index contributed by atoms with van der Waals surface area (Å²) in [4.78, 5) is 0. The Bertz CT molecular complexity index is 28.2. The van der Waals surface area contributed by atoms with Crippen LogP contribution in [0, 0.1) is 49.4 Å². The molecule has 0 aliphatic heterocycles. The second kappa shape index (κ2) is 234. The van der Waals surface area contributed by atoms with E-state index in [0.717, 1.165) is 0 Å². The Balaban J connectivity index is 0. The smallest absolute Gasteiger partial charge is 1.00 e. The third-order valence-corrected chi connectivity index (χ3v) is 0. The SMILES string of the molecule is O.O.O.O.O.O.O.O.O.O.[Br-].[Br-].[Br-].[Br-].[Br-].[Cs+].[Cs+].[Eu+3]. The van der Waals surface area contributed by atoms with E-state index in [1.54, 1.807) is 0 Å². The molecule has 0 amide bonds. The van der Waals surface area contributed by atoms with Crippen LogP contribution in [0.25, 0.3) is 0 Å². The van der Waals surface area contributed by atoms with Crippen LogP contribution in [0.5, 0.6) is 0 Å². The molecule has 0 saturated heterocycles. The molecule has 0 spiro atoms. The van der Waals surface area contributed by atoms with Gasteiger partial charge in [-0.25, -0.2) is 0 Å². The molecular formula is H20Br5Cs2EuO10. The normalized spacial score (nSPS) is 0. The summed E-state index contributed by atoms with van der Waals surface area (Å²) in [5.41, 5.74) is 0. The van der Waals surface area contributed by atoms with E-state index in [-0.39, 0.29) is 327 Å². The molecule has 0 aromatic carbocycles. The van der Waals surface area contributed by atoms with Gasteiger partial charge in [0.25, 0.3) is 0 Å². The van der Waals surface area contributed by atoms with Gasteiger partial charge in [-0.2, -0.15) is 0 Å². The van der Waals surface area contributed by atoms with Crippen molar-refractivity contribution in [2.75, 3.05) is 0 Å². The van der Waals surface area contributed by atoms with Gasteiger partial charge >= 0.3 is 187 Å². The summed E-state index contributed by atoms with van der Waals surface area (Å²) >= 11 is 0. The first-order valence-electron chi connectivity index (χ1n) is 0. The van der Waals surface area contributed by atoms with E-state index in [4.69, 9.17) is 0 Å². The van der Waals surface area contributed by atoms with Crippen molar-refractivity contribution in [2.24, 2.45) is 0 Å². The predicted octanol–water partition coefficient (Wildman–Crippen LogP) is -29.2. The van der Waals surface area contributed by atoms with Crippen LogP contribution in [0.1, 0.15) is 0 Å². The van der Waals surface area contributed by atoms with Crippen LogP contribution < -0.4 is 223 Å². The molecule has 0 bridgehead atoms. The van der Waals surface area contributed by atoms with E-state index in [0.29, 0.717) is 0 Å². The zero-order chi connectivity index (χ0) is 0. The number of hydrogen-bond acceptors (Lipinski definition) is 0. The molecule has 0 aliphatic rings. The Labute approximate surface area is 316 Å². The zero-order valence-electron chi connectivity index (χ0n) is 9.27. The molecule has 124 valence electrons. The van der Waals surface area contributed by atoms with Crippen LogP contribution in [-0.2, 0) is 0 Å². The molecule has 20 N–H and O–H groups in total. The largest absolute Gasteiger partial charge is 3.00 e. The van der Waals surface area contributed by atoms with E-state index < -0.39 is 0 Å². The van der Waals surface area contributed by atoms with E-state index in [2.05, 4.69) is 0 Å². The van der Waals surface area contributed by atoms with E-state index in [9.17, 15) is 0 Å².